The van der Waals surface area contributed by atoms with Crippen LogP contribution in [0, 0.1) is 0 Å². The van der Waals surface area contributed by atoms with Gasteiger partial charge in [0, 0.05) is 18.5 Å². The largest absolute Gasteiger partial charge is 0.449 e. The second kappa shape index (κ2) is 3.75. The number of fused-ring (bicyclic) bond motifs is 1. The molecular weight excluding hydrogens is 220 g/mol. The van der Waals surface area contributed by atoms with E-state index in [1.54, 1.807) is 30.6 Å². The number of carbonyl (C=O) groups is 1. The Morgan fingerprint density at radius 1 is 1.47 bits per heavy atom. The number of amides is 1. The Morgan fingerprint density at radius 2 is 2.41 bits per heavy atom. The number of H-pyrrole nitrogens is 1. The Kier molecular flexibility index (Phi) is 2.11. The predicted molar refractivity (Wildman–Crippen MR) is 60.5 cm³/mol. The first kappa shape index (κ1) is 9.59. The van der Waals surface area contributed by atoms with E-state index in [1.807, 2.05) is 0 Å². The molecule has 0 saturated heterocycles. The van der Waals surface area contributed by atoms with Crippen LogP contribution in [-0.2, 0) is 0 Å². The van der Waals surface area contributed by atoms with Crippen LogP contribution in [0.15, 0.2) is 41.2 Å². The van der Waals surface area contributed by atoms with E-state index >= 15 is 0 Å². The minimum atomic E-state index is -0.329. The minimum Gasteiger partial charge on any atom is -0.449 e. The van der Waals surface area contributed by atoms with Crippen molar-refractivity contribution in [2.24, 2.45) is 0 Å². The standard InChI is InChI=1S/C11H8N4O2/c16-11(15-7-5-13-14-6-7)10-4-8-9(17-10)2-1-3-12-8/h1-6H,(H,13,14)(H,15,16). The number of rotatable bonds is 2. The fourth-order valence-electron chi connectivity index (χ4n) is 1.49. The van der Waals surface area contributed by atoms with Crippen molar-refractivity contribution in [2.45, 2.75) is 0 Å². The van der Waals surface area contributed by atoms with Gasteiger partial charge in [-0.3, -0.25) is 14.9 Å². The van der Waals surface area contributed by atoms with E-state index < -0.39 is 0 Å². The smallest absolute Gasteiger partial charge is 0.291 e. The number of hydrogen-bond acceptors (Lipinski definition) is 4. The van der Waals surface area contributed by atoms with Gasteiger partial charge in [0.05, 0.1) is 11.9 Å². The molecule has 0 unspecified atom stereocenters. The highest BCUT2D eigenvalue weighted by atomic mass is 16.3. The number of aromatic nitrogens is 3. The third-order valence-electron chi connectivity index (χ3n) is 2.27. The number of nitrogens with one attached hydrogen (secondary N) is 2. The van der Waals surface area contributed by atoms with Crippen LogP contribution in [0.2, 0.25) is 0 Å². The van der Waals surface area contributed by atoms with Gasteiger partial charge in [0.1, 0.15) is 5.52 Å². The monoisotopic (exact) mass is 228 g/mol. The molecule has 6 nitrogen and oxygen atoms in total. The summed E-state index contributed by atoms with van der Waals surface area (Å²) in [5.41, 5.74) is 1.83. The van der Waals surface area contributed by atoms with Crippen LogP contribution < -0.4 is 5.32 Å². The lowest BCUT2D eigenvalue weighted by molar-refractivity contribution is 0.0998. The average Bonchev–Trinajstić information content (AvgIpc) is 2.96. The quantitative estimate of drug-likeness (QED) is 0.700. The summed E-state index contributed by atoms with van der Waals surface area (Å²) < 4.78 is 5.37. The van der Waals surface area contributed by atoms with Gasteiger partial charge in [-0.25, -0.2) is 0 Å². The zero-order valence-corrected chi connectivity index (χ0v) is 8.68. The molecule has 3 aromatic heterocycles. The molecule has 0 spiro atoms. The molecule has 0 aliphatic rings. The fraction of sp³-hybridized carbons (Fsp3) is 0. The lowest BCUT2D eigenvalue weighted by atomic mass is 10.3. The van der Waals surface area contributed by atoms with Gasteiger partial charge in [-0.05, 0) is 12.1 Å². The average molecular weight is 228 g/mol. The Hall–Kier alpha value is -2.63. The molecule has 6 heteroatoms. The van der Waals surface area contributed by atoms with Crippen LogP contribution in [0.25, 0.3) is 11.1 Å². The second-order valence-corrected chi connectivity index (χ2v) is 3.44. The lowest BCUT2D eigenvalue weighted by Gasteiger charge is -1.96. The minimum absolute atomic E-state index is 0.222. The number of hydrogen-bond donors (Lipinski definition) is 2. The van der Waals surface area contributed by atoms with Crippen molar-refractivity contribution in [3.8, 4) is 0 Å². The number of pyridine rings is 1. The van der Waals surface area contributed by atoms with Crippen LogP contribution in [0.1, 0.15) is 10.6 Å². The summed E-state index contributed by atoms with van der Waals surface area (Å²) in [7, 11) is 0. The molecule has 84 valence electrons. The van der Waals surface area contributed by atoms with Gasteiger partial charge < -0.3 is 9.73 Å². The molecular formula is C11H8N4O2. The first-order valence-electron chi connectivity index (χ1n) is 4.97. The summed E-state index contributed by atoms with van der Waals surface area (Å²) in [5, 5.41) is 8.98. The number of anilines is 1. The molecule has 0 aliphatic carbocycles. The number of carbonyl (C=O) groups excluding carboxylic acids is 1. The van der Waals surface area contributed by atoms with Crippen LogP contribution in [0.3, 0.4) is 0 Å². The van der Waals surface area contributed by atoms with E-state index in [9.17, 15) is 4.79 Å². The molecule has 3 aromatic rings. The van der Waals surface area contributed by atoms with Crippen molar-refractivity contribution in [3.05, 3.63) is 42.5 Å². The highest BCUT2D eigenvalue weighted by molar-refractivity contribution is 6.04. The summed E-state index contributed by atoms with van der Waals surface area (Å²) >= 11 is 0. The number of aromatic amines is 1. The van der Waals surface area contributed by atoms with Crippen molar-refractivity contribution in [3.63, 3.8) is 0 Å². The van der Waals surface area contributed by atoms with E-state index in [4.69, 9.17) is 4.42 Å². The van der Waals surface area contributed by atoms with Crippen LogP contribution >= 0.6 is 0 Å². The zero-order chi connectivity index (χ0) is 11.7. The molecule has 0 aliphatic heterocycles. The van der Waals surface area contributed by atoms with Gasteiger partial charge in [0.2, 0.25) is 0 Å². The Balaban J connectivity index is 1.90. The molecule has 3 heterocycles. The molecule has 2 N–H and O–H groups in total. The normalized spacial score (nSPS) is 10.6. The van der Waals surface area contributed by atoms with E-state index in [0.29, 0.717) is 16.8 Å². The Morgan fingerprint density at radius 3 is 3.18 bits per heavy atom. The van der Waals surface area contributed by atoms with E-state index in [0.717, 1.165) is 0 Å². The van der Waals surface area contributed by atoms with Gasteiger partial charge >= 0.3 is 0 Å². The highest BCUT2D eigenvalue weighted by Crippen LogP contribution is 2.17. The SMILES string of the molecule is O=C(Nc1cn[nH]c1)c1cc2ncccc2o1. The molecule has 3 rings (SSSR count). The molecule has 0 bridgehead atoms. The van der Waals surface area contributed by atoms with Gasteiger partial charge in [-0.1, -0.05) is 0 Å². The van der Waals surface area contributed by atoms with Crippen molar-refractivity contribution in [1.29, 1.82) is 0 Å². The third-order valence-corrected chi connectivity index (χ3v) is 2.27. The Bertz CT molecular complexity index is 624. The van der Waals surface area contributed by atoms with Crippen molar-refractivity contribution in [1.82, 2.24) is 15.2 Å². The zero-order valence-electron chi connectivity index (χ0n) is 8.68. The second-order valence-electron chi connectivity index (χ2n) is 3.44. The molecule has 0 aromatic carbocycles. The molecule has 0 atom stereocenters. The van der Waals surface area contributed by atoms with Gasteiger partial charge in [0.25, 0.3) is 5.91 Å². The summed E-state index contributed by atoms with van der Waals surface area (Å²) in [5.74, 6) is -0.107. The van der Waals surface area contributed by atoms with Gasteiger partial charge in [-0.15, -0.1) is 0 Å². The van der Waals surface area contributed by atoms with Crippen molar-refractivity contribution in [2.75, 3.05) is 5.32 Å². The first-order chi connectivity index (χ1) is 8.33. The molecule has 1 amide bonds. The van der Waals surface area contributed by atoms with Crippen LogP contribution in [0.4, 0.5) is 5.69 Å². The molecule has 0 radical (unpaired) electrons. The van der Waals surface area contributed by atoms with E-state index in [2.05, 4.69) is 20.5 Å². The van der Waals surface area contributed by atoms with Gasteiger partial charge in [0.15, 0.2) is 11.3 Å². The summed E-state index contributed by atoms with van der Waals surface area (Å²) in [6.07, 6.45) is 4.74. The van der Waals surface area contributed by atoms with E-state index in [-0.39, 0.29) is 11.7 Å². The topological polar surface area (TPSA) is 83.8 Å². The maximum atomic E-state index is 11.8. The molecule has 0 saturated carbocycles. The predicted octanol–water partition coefficient (Wildman–Crippen LogP) is 1.80. The Labute approximate surface area is 95.7 Å². The van der Waals surface area contributed by atoms with Crippen molar-refractivity contribution >= 4 is 22.7 Å². The molecule has 17 heavy (non-hydrogen) atoms. The van der Waals surface area contributed by atoms with Crippen LogP contribution in [-0.4, -0.2) is 21.1 Å². The van der Waals surface area contributed by atoms with E-state index in [1.165, 1.54) is 6.20 Å². The maximum absolute atomic E-state index is 11.8. The van der Waals surface area contributed by atoms with Crippen LogP contribution in [0.5, 0.6) is 0 Å². The van der Waals surface area contributed by atoms with Crippen molar-refractivity contribution < 1.29 is 9.21 Å². The summed E-state index contributed by atoms with van der Waals surface area (Å²) in [6.45, 7) is 0. The summed E-state index contributed by atoms with van der Waals surface area (Å²) in [4.78, 5) is 15.9. The highest BCUT2D eigenvalue weighted by Gasteiger charge is 2.12. The van der Waals surface area contributed by atoms with Gasteiger partial charge in [-0.2, -0.15) is 5.10 Å². The number of nitrogens with zero attached hydrogens (tertiary/aromatic N) is 2. The third kappa shape index (κ3) is 1.76. The fourth-order valence-corrected chi connectivity index (χ4v) is 1.49. The summed E-state index contributed by atoms with van der Waals surface area (Å²) in [6, 6.07) is 5.12. The number of furan rings is 1. The lowest BCUT2D eigenvalue weighted by Crippen LogP contribution is -2.09. The first-order valence-corrected chi connectivity index (χ1v) is 4.97. The molecule has 0 fully saturated rings. The maximum Gasteiger partial charge on any atom is 0.291 e.